The second-order valence-corrected chi connectivity index (χ2v) is 6.47. The minimum atomic E-state index is -3.72. The molecule has 7 nitrogen and oxygen atoms in total. The summed E-state index contributed by atoms with van der Waals surface area (Å²) in [5, 5.41) is 3.78. The number of carbonyl (C=O) groups is 1. The smallest absolute Gasteiger partial charge is 0.255 e. The molecule has 2 aromatic rings. The molecule has 0 aliphatic heterocycles. The first-order valence-electron chi connectivity index (χ1n) is 7.02. The van der Waals surface area contributed by atoms with Gasteiger partial charge in [-0.3, -0.25) is 4.79 Å². The third-order valence-corrected chi connectivity index (χ3v) is 4.39. The van der Waals surface area contributed by atoms with Crippen molar-refractivity contribution in [2.75, 3.05) is 13.7 Å². The summed E-state index contributed by atoms with van der Waals surface area (Å²) in [7, 11) is -2.17. The second-order valence-electron chi connectivity index (χ2n) is 4.71. The quantitative estimate of drug-likeness (QED) is 0.579. The van der Waals surface area contributed by atoms with E-state index in [0.717, 1.165) is 5.56 Å². The lowest BCUT2D eigenvalue weighted by atomic mass is 10.2. The monoisotopic (exact) mass is 347 g/mol. The van der Waals surface area contributed by atoms with E-state index >= 15 is 0 Å². The number of nitrogens with zero attached hydrogens (tertiary/aromatic N) is 1. The Hall–Kier alpha value is -2.71. The van der Waals surface area contributed by atoms with E-state index in [2.05, 4.69) is 15.2 Å². The minimum Gasteiger partial charge on any atom is -0.497 e. The number of hydrogen-bond acceptors (Lipinski definition) is 5. The summed E-state index contributed by atoms with van der Waals surface area (Å²) in [5.74, 6) is 0.0922. The Morgan fingerprint density at radius 3 is 2.62 bits per heavy atom. The molecule has 2 aromatic carbocycles. The number of methoxy groups -OCH3 is 1. The number of rotatable bonds is 7. The second kappa shape index (κ2) is 8.23. The van der Waals surface area contributed by atoms with Crippen LogP contribution >= 0.6 is 0 Å². The third kappa shape index (κ3) is 5.18. The summed E-state index contributed by atoms with van der Waals surface area (Å²) < 4.78 is 31.2. The first-order valence-corrected chi connectivity index (χ1v) is 8.50. The van der Waals surface area contributed by atoms with Crippen LogP contribution in [0.1, 0.15) is 5.56 Å². The summed E-state index contributed by atoms with van der Waals surface area (Å²) in [6.07, 6.45) is 1.44. The highest BCUT2D eigenvalue weighted by Gasteiger charge is 2.14. The average molecular weight is 347 g/mol. The molecule has 0 unspecified atom stereocenters. The molecule has 0 fully saturated rings. The van der Waals surface area contributed by atoms with Crippen LogP contribution in [0.5, 0.6) is 5.75 Å². The summed E-state index contributed by atoms with van der Waals surface area (Å²) in [6, 6.07) is 14.9. The zero-order valence-corrected chi connectivity index (χ0v) is 13.8. The van der Waals surface area contributed by atoms with Crippen molar-refractivity contribution in [3.05, 3.63) is 60.2 Å². The maximum atomic E-state index is 12.0. The molecule has 2 rings (SSSR count). The van der Waals surface area contributed by atoms with Gasteiger partial charge in [0.05, 0.1) is 24.8 Å². The molecule has 0 bridgehead atoms. The number of hydrazone groups is 1. The maximum Gasteiger partial charge on any atom is 0.255 e. The van der Waals surface area contributed by atoms with Crippen molar-refractivity contribution in [1.82, 2.24) is 10.1 Å². The number of carbonyl (C=O) groups excluding carboxylic acids is 1. The molecule has 0 saturated heterocycles. The van der Waals surface area contributed by atoms with Gasteiger partial charge in [-0.25, -0.2) is 18.6 Å². The molecule has 2 N–H and O–H groups in total. The van der Waals surface area contributed by atoms with Crippen LogP contribution in [0.25, 0.3) is 0 Å². The Kier molecular flexibility index (Phi) is 6.05. The fourth-order valence-electron chi connectivity index (χ4n) is 1.78. The molecule has 0 aromatic heterocycles. The summed E-state index contributed by atoms with van der Waals surface area (Å²) in [6.45, 7) is -0.410. The number of hydrogen-bond donors (Lipinski definition) is 2. The normalized spacial score (nSPS) is 11.4. The molecule has 0 aliphatic rings. The lowest BCUT2D eigenvalue weighted by Crippen LogP contribution is -2.34. The Labute approximate surface area is 140 Å². The number of amides is 1. The highest BCUT2D eigenvalue weighted by molar-refractivity contribution is 7.89. The first kappa shape index (κ1) is 17.6. The molecule has 0 spiro atoms. The lowest BCUT2D eigenvalue weighted by molar-refractivity contribution is -0.119. The molecule has 0 saturated carbocycles. The molecule has 8 heteroatoms. The largest absolute Gasteiger partial charge is 0.497 e. The molecule has 0 atom stereocenters. The van der Waals surface area contributed by atoms with E-state index in [9.17, 15) is 13.2 Å². The number of benzene rings is 2. The minimum absolute atomic E-state index is 0.0951. The maximum absolute atomic E-state index is 12.0. The van der Waals surface area contributed by atoms with Crippen LogP contribution in [-0.4, -0.2) is 34.2 Å². The van der Waals surface area contributed by atoms with E-state index in [-0.39, 0.29) is 4.90 Å². The van der Waals surface area contributed by atoms with Crippen LogP contribution in [0.3, 0.4) is 0 Å². The number of sulfonamides is 1. The Balaban J connectivity index is 1.86. The van der Waals surface area contributed by atoms with Gasteiger partial charge in [0.1, 0.15) is 5.75 Å². The van der Waals surface area contributed by atoms with Crippen molar-refractivity contribution >= 4 is 22.1 Å². The molecule has 0 radical (unpaired) electrons. The van der Waals surface area contributed by atoms with E-state index in [0.29, 0.717) is 5.75 Å². The zero-order valence-electron chi connectivity index (χ0n) is 13.0. The van der Waals surface area contributed by atoms with Gasteiger partial charge in [-0.05, 0) is 29.8 Å². The first-order chi connectivity index (χ1) is 11.5. The van der Waals surface area contributed by atoms with Crippen molar-refractivity contribution < 1.29 is 17.9 Å². The standard InChI is InChI=1S/C16H17N3O4S/c1-23-14-7-5-6-13(10-14)11-17-19-16(20)12-18-24(21,22)15-8-3-2-4-9-15/h2-11,18H,12H2,1H3,(H,19,20)/b17-11-. The fourth-order valence-corrected chi connectivity index (χ4v) is 2.79. The molecule has 24 heavy (non-hydrogen) atoms. The molecule has 0 aliphatic carbocycles. The van der Waals surface area contributed by atoms with Gasteiger partial charge in [0.25, 0.3) is 5.91 Å². The molecular formula is C16H17N3O4S. The van der Waals surface area contributed by atoms with Gasteiger partial charge in [-0.1, -0.05) is 30.3 Å². The zero-order chi connectivity index (χ0) is 17.4. The van der Waals surface area contributed by atoms with Crippen LogP contribution < -0.4 is 14.9 Å². The summed E-state index contributed by atoms with van der Waals surface area (Å²) in [4.78, 5) is 11.8. The Bertz CT molecular complexity index is 820. The average Bonchev–Trinajstić information content (AvgIpc) is 2.61. The molecule has 0 heterocycles. The highest BCUT2D eigenvalue weighted by Crippen LogP contribution is 2.10. The van der Waals surface area contributed by atoms with Crippen LogP contribution in [0.4, 0.5) is 0 Å². The fraction of sp³-hybridized carbons (Fsp3) is 0.125. The van der Waals surface area contributed by atoms with Crippen molar-refractivity contribution in [2.24, 2.45) is 5.10 Å². The predicted molar refractivity (Wildman–Crippen MR) is 90.4 cm³/mol. The van der Waals surface area contributed by atoms with Crippen LogP contribution in [-0.2, 0) is 14.8 Å². The van der Waals surface area contributed by atoms with Crippen molar-refractivity contribution in [2.45, 2.75) is 4.90 Å². The van der Waals surface area contributed by atoms with Crippen molar-refractivity contribution in [3.8, 4) is 5.75 Å². The van der Waals surface area contributed by atoms with E-state index in [4.69, 9.17) is 4.74 Å². The predicted octanol–water partition coefficient (Wildman–Crippen LogP) is 1.12. The number of ether oxygens (including phenoxy) is 1. The molecule has 126 valence electrons. The Morgan fingerprint density at radius 2 is 1.92 bits per heavy atom. The van der Waals surface area contributed by atoms with Crippen molar-refractivity contribution in [1.29, 1.82) is 0 Å². The van der Waals surface area contributed by atoms with Crippen LogP contribution in [0.15, 0.2) is 64.6 Å². The van der Waals surface area contributed by atoms with Gasteiger partial charge in [-0.15, -0.1) is 0 Å². The topological polar surface area (TPSA) is 96.9 Å². The van der Waals surface area contributed by atoms with E-state index < -0.39 is 22.5 Å². The Morgan fingerprint density at radius 1 is 1.17 bits per heavy atom. The lowest BCUT2D eigenvalue weighted by Gasteiger charge is -2.05. The van der Waals surface area contributed by atoms with Gasteiger partial charge in [0, 0.05) is 0 Å². The summed E-state index contributed by atoms with van der Waals surface area (Å²) >= 11 is 0. The van der Waals surface area contributed by atoms with Gasteiger partial charge in [0.15, 0.2) is 0 Å². The van der Waals surface area contributed by atoms with Gasteiger partial charge >= 0.3 is 0 Å². The number of nitrogens with one attached hydrogen (secondary N) is 2. The van der Waals surface area contributed by atoms with Crippen LogP contribution in [0.2, 0.25) is 0 Å². The van der Waals surface area contributed by atoms with Gasteiger partial charge in [-0.2, -0.15) is 5.10 Å². The van der Waals surface area contributed by atoms with Crippen molar-refractivity contribution in [3.63, 3.8) is 0 Å². The van der Waals surface area contributed by atoms with E-state index in [1.165, 1.54) is 18.3 Å². The molecular weight excluding hydrogens is 330 g/mol. The molecule has 1 amide bonds. The van der Waals surface area contributed by atoms with E-state index in [1.807, 2.05) is 0 Å². The van der Waals surface area contributed by atoms with E-state index in [1.54, 1.807) is 49.6 Å². The van der Waals surface area contributed by atoms with Gasteiger partial charge in [0.2, 0.25) is 10.0 Å². The van der Waals surface area contributed by atoms with Gasteiger partial charge < -0.3 is 4.74 Å². The SMILES string of the molecule is COc1cccc(/C=N\NC(=O)CNS(=O)(=O)c2ccccc2)c1. The van der Waals surface area contributed by atoms with Crippen LogP contribution in [0, 0.1) is 0 Å². The summed E-state index contributed by atoms with van der Waals surface area (Å²) in [5.41, 5.74) is 2.99. The third-order valence-electron chi connectivity index (χ3n) is 2.97. The highest BCUT2D eigenvalue weighted by atomic mass is 32.2.